The molecule has 1 aliphatic carbocycles. The average molecular weight is 339 g/mol. The van der Waals surface area contributed by atoms with Gasteiger partial charge in [-0.3, -0.25) is 9.59 Å². The fraction of sp³-hybridized carbons (Fsp3) is 0.824. The Morgan fingerprint density at radius 2 is 1.50 bits per heavy atom. The third-order valence-corrected chi connectivity index (χ3v) is 4.89. The minimum absolute atomic E-state index is 0.0227. The molecule has 0 aromatic rings. The predicted molar refractivity (Wildman–Crippen MR) is 89.4 cm³/mol. The van der Waals surface area contributed by atoms with Gasteiger partial charge in [-0.1, -0.05) is 19.3 Å². The first-order valence-electron chi connectivity index (χ1n) is 9.00. The molecule has 0 bridgehead atoms. The van der Waals surface area contributed by atoms with E-state index < -0.39 is 0 Å². The summed E-state index contributed by atoms with van der Waals surface area (Å²) >= 11 is 0. The summed E-state index contributed by atoms with van der Waals surface area (Å²) in [5.41, 5.74) is 0. The second-order valence-electron chi connectivity index (χ2n) is 6.68. The molecule has 7 heteroatoms. The van der Waals surface area contributed by atoms with Gasteiger partial charge in [-0.2, -0.15) is 0 Å². The fourth-order valence-corrected chi connectivity index (χ4v) is 3.40. The largest absolute Gasteiger partial charge is 0.469 e. The van der Waals surface area contributed by atoms with E-state index in [1.807, 2.05) is 0 Å². The molecule has 0 spiro atoms. The number of rotatable bonds is 5. The number of hydrogen-bond donors (Lipinski definition) is 2. The van der Waals surface area contributed by atoms with E-state index in [2.05, 4.69) is 15.4 Å². The van der Waals surface area contributed by atoms with Crippen LogP contribution in [-0.2, 0) is 14.3 Å². The van der Waals surface area contributed by atoms with Crippen molar-refractivity contribution in [1.29, 1.82) is 0 Å². The highest BCUT2D eigenvalue weighted by Crippen LogP contribution is 2.17. The fourth-order valence-electron chi connectivity index (χ4n) is 3.40. The smallest absolute Gasteiger partial charge is 0.315 e. The number of urea groups is 1. The number of methoxy groups -OCH3 is 1. The Morgan fingerprint density at radius 3 is 2.08 bits per heavy atom. The number of ether oxygens (including phenoxy) is 1. The maximum Gasteiger partial charge on any atom is 0.315 e. The first-order chi connectivity index (χ1) is 11.6. The zero-order valence-corrected chi connectivity index (χ0v) is 14.5. The van der Waals surface area contributed by atoms with Crippen molar-refractivity contribution in [2.45, 2.75) is 69.9 Å². The van der Waals surface area contributed by atoms with Gasteiger partial charge in [-0.25, -0.2) is 4.79 Å². The standard InChI is InChI=1S/C17H29N3O4/c1-24-16(22)8-7-15(21)20-11-9-14(10-12-20)19-17(23)18-13-5-3-2-4-6-13/h13-14H,2-12H2,1H3,(H2,18,19,23). The molecule has 0 unspecified atom stereocenters. The van der Waals surface area contributed by atoms with E-state index in [0.717, 1.165) is 25.7 Å². The molecular weight excluding hydrogens is 310 g/mol. The zero-order chi connectivity index (χ0) is 17.4. The summed E-state index contributed by atoms with van der Waals surface area (Å²) in [5.74, 6) is -0.384. The molecule has 3 amide bonds. The van der Waals surface area contributed by atoms with Crippen LogP contribution in [-0.4, -0.2) is 55.1 Å². The van der Waals surface area contributed by atoms with Crippen LogP contribution in [0.4, 0.5) is 4.79 Å². The van der Waals surface area contributed by atoms with Gasteiger partial charge >= 0.3 is 12.0 Å². The van der Waals surface area contributed by atoms with Crippen LogP contribution in [0.1, 0.15) is 57.8 Å². The molecular formula is C17H29N3O4. The van der Waals surface area contributed by atoms with Crippen LogP contribution in [0, 0.1) is 0 Å². The van der Waals surface area contributed by atoms with E-state index in [4.69, 9.17) is 0 Å². The van der Waals surface area contributed by atoms with Crippen molar-refractivity contribution in [3.63, 3.8) is 0 Å². The third-order valence-electron chi connectivity index (χ3n) is 4.89. The number of likely N-dealkylation sites (tertiary alicyclic amines) is 1. The van der Waals surface area contributed by atoms with Crippen LogP contribution in [0.5, 0.6) is 0 Å². The Labute approximate surface area is 143 Å². The van der Waals surface area contributed by atoms with Crippen molar-refractivity contribution in [2.75, 3.05) is 20.2 Å². The molecule has 0 aromatic carbocycles. The number of amides is 3. The van der Waals surface area contributed by atoms with Gasteiger partial charge in [0.15, 0.2) is 0 Å². The lowest BCUT2D eigenvalue weighted by molar-refractivity contribution is -0.143. The van der Waals surface area contributed by atoms with Crippen molar-refractivity contribution >= 4 is 17.9 Å². The van der Waals surface area contributed by atoms with Gasteiger partial charge in [0, 0.05) is 31.6 Å². The SMILES string of the molecule is COC(=O)CCC(=O)N1CCC(NC(=O)NC2CCCCC2)CC1. The van der Waals surface area contributed by atoms with Crippen LogP contribution in [0.3, 0.4) is 0 Å². The van der Waals surface area contributed by atoms with Crippen molar-refractivity contribution < 1.29 is 19.1 Å². The van der Waals surface area contributed by atoms with Gasteiger partial charge in [-0.05, 0) is 25.7 Å². The number of carbonyl (C=O) groups is 3. The Bertz CT molecular complexity index is 441. The number of esters is 1. The molecule has 1 aliphatic heterocycles. The molecule has 1 heterocycles. The molecule has 2 rings (SSSR count). The summed E-state index contributed by atoms with van der Waals surface area (Å²) in [6, 6.07) is 0.328. The zero-order valence-electron chi connectivity index (χ0n) is 14.5. The molecule has 0 aromatic heterocycles. The van der Waals surface area contributed by atoms with Gasteiger partial charge < -0.3 is 20.3 Å². The molecule has 1 saturated heterocycles. The molecule has 136 valence electrons. The maximum atomic E-state index is 12.1. The molecule has 1 saturated carbocycles. The van der Waals surface area contributed by atoms with Crippen molar-refractivity contribution in [3.8, 4) is 0 Å². The van der Waals surface area contributed by atoms with Gasteiger partial charge in [0.1, 0.15) is 0 Å². The second kappa shape index (κ2) is 9.49. The quantitative estimate of drug-likeness (QED) is 0.744. The lowest BCUT2D eigenvalue weighted by Crippen LogP contribution is -2.51. The van der Waals surface area contributed by atoms with Gasteiger partial charge in [0.2, 0.25) is 5.91 Å². The summed E-state index contributed by atoms with van der Waals surface area (Å²) in [4.78, 5) is 36.9. The van der Waals surface area contributed by atoms with Crippen molar-refractivity contribution in [3.05, 3.63) is 0 Å². The summed E-state index contributed by atoms with van der Waals surface area (Å²) in [7, 11) is 1.32. The molecule has 2 aliphatic rings. The van der Waals surface area contributed by atoms with E-state index >= 15 is 0 Å². The van der Waals surface area contributed by atoms with Crippen LogP contribution in [0.2, 0.25) is 0 Å². The first kappa shape index (κ1) is 18.5. The van der Waals surface area contributed by atoms with Crippen LogP contribution >= 0.6 is 0 Å². The normalized spacial score (nSPS) is 19.6. The molecule has 0 atom stereocenters. The highest BCUT2D eigenvalue weighted by Gasteiger charge is 2.25. The van der Waals surface area contributed by atoms with Crippen LogP contribution in [0.25, 0.3) is 0 Å². The summed E-state index contributed by atoms with van der Waals surface area (Å²) in [6.07, 6.45) is 7.60. The lowest BCUT2D eigenvalue weighted by Gasteiger charge is -2.33. The Kier molecular flexibility index (Phi) is 7.34. The Morgan fingerprint density at radius 1 is 0.917 bits per heavy atom. The number of nitrogens with one attached hydrogen (secondary N) is 2. The van der Waals surface area contributed by atoms with E-state index in [0.29, 0.717) is 19.1 Å². The van der Waals surface area contributed by atoms with Gasteiger partial charge in [0.05, 0.1) is 13.5 Å². The van der Waals surface area contributed by atoms with E-state index in [1.165, 1.54) is 26.4 Å². The highest BCUT2D eigenvalue weighted by atomic mass is 16.5. The van der Waals surface area contributed by atoms with Crippen molar-refractivity contribution in [2.24, 2.45) is 0 Å². The van der Waals surface area contributed by atoms with Gasteiger partial charge in [-0.15, -0.1) is 0 Å². The topological polar surface area (TPSA) is 87.7 Å². The monoisotopic (exact) mass is 339 g/mol. The molecule has 2 N–H and O–H groups in total. The molecule has 2 fully saturated rings. The average Bonchev–Trinajstić information content (AvgIpc) is 2.60. The second-order valence-corrected chi connectivity index (χ2v) is 6.68. The highest BCUT2D eigenvalue weighted by molar-refractivity contribution is 5.81. The molecule has 24 heavy (non-hydrogen) atoms. The summed E-state index contributed by atoms with van der Waals surface area (Å²) in [5, 5.41) is 6.08. The van der Waals surface area contributed by atoms with Crippen molar-refractivity contribution in [1.82, 2.24) is 15.5 Å². The van der Waals surface area contributed by atoms with Crippen LogP contribution < -0.4 is 10.6 Å². The Hall–Kier alpha value is -1.79. The van der Waals surface area contributed by atoms with Crippen LogP contribution in [0.15, 0.2) is 0 Å². The Balaban J connectivity index is 1.63. The predicted octanol–water partition coefficient (Wildman–Crippen LogP) is 1.56. The summed E-state index contributed by atoms with van der Waals surface area (Å²) < 4.78 is 4.55. The minimum Gasteiger partial charge on any atom is -0.469 e. The molecule has 0 radical (unpaired) electrons. The van der Waals surface area contributed by atoms with E-state index in [9.17, 15) is 14.4 Å². The van der Waals surface area contributed by atoms with E-state index in [1.54, 1.807) is 4.90 Å². The number of piperidine rings is 1. The van der Waals surface area contributed by atoms with E-state index in [-0.39, 0.29) is 36.8 Å². The maximum absolute atomic E-state index is 12.1. The lowest BCUT2D eigenvalue weighted by atomic mass is 9.96. The number of carbonyl (C=O) groups excluding carboxylic acids is 3. The first-order valence-corrected chi connectivity index (χ1v) is 9.00. The third kappa shape index (κ3) is 6.02. The number of hydrogen-bond acceptors (Lipinski definition) is 4. The molecule has 7 nitrogen and oxygen atoms in total. The minimum atomic E-state index is -0.362. The number of nitrogens with zero attached hydrogens (tertiary/aromatic N) is 1. The summed E-state index contributed by atoms with van der Waals surface area (Å²) in [6.45, 7) is 1.24. The van der Waals surface area contributed by atoms with Gasteiger partial charge in [0.25, 0.3) is 0 Å².